The van der Waals surface area contributed by atoms with Crippen molar-refractivity contribution in [3.05, 3.63) is 0 Å². The molecule has 0 saturated heterocycles. The molecule has 10 heteroatoms. The Bertz CT molecular complexity index is 1010. The van der Waals surface area contributed by atoms with E-state index in [2.05, 4.69) is 0 Å². The Morgan fingerprint density at radius 3 is 1.19 bits per heavy atom. The Kier molecular flexibility index (Phi) is 7.77. The van der Waals surface area contributed by atoms with Gasteiger partial charge in [0.15, 0.2) is 0 Å². The van der Waals surface area contributed by atoms with Gasteiger partial charge in [0.25, 0.3) is 20.2 Å². The molecule has 4 saturated carbocycles. The van der Waals surface area contributed by atoms with Gasteiger partial charge in [-0.2, -0.15) is 16.8 Å². The second-order valence-corrected chi connectivity index (χ2v) is 16.2. The maximum Gasteiger partial charge on any atom is 0.268 e. The fraction of sp³-hybridized carbons (Fsp3) is 0.923. The Labute approximate surface area is 217 Å². The molecule has 0 N–H and O–H groups in total. The maximum absolute atomic E-state index is 12.2. The van der Waals surface area contributed by atoms with Crippen molar-refractivity contribution in [2.45, 2.75) is 106 Å². The van der Waals surface area contributed by atoms with Crippen molar-refractivity contribution >= 4 is 31.8 Å². The zero-order chi connectivity index (χ0) is 27.5. The molecule has 0 aromatic heterocycles. The fourth-order valence-electron chi connectivity index (χ4n) is 7.47. The predicted molar refractivity (Wildman–Crippen MR) is 137 cm³/mol. The minimum absolute atomic E-state index is 0.111. The van der Waals surface area contributed by atoms with Gasteiger partial charge in [-0.1, -0.05) is 27.7 Å². The Hall–Kier alpha value is -0.840. The zero-order valence-corrected chi connectivity index (χ0v) is 24.7. The molecule has 0 amide bonds. The predicted octanol–water partition coefficient (Wildman–Crippen LogP) is 4.27. The van der Waals surface area contributed by atoms with Crippen LogP contribution in [0.3, 0.4) is 0 Å². The van der Waals surface area contributed by atoms with Crippen LogP contribution < -0.4 is 0 Å². The van der Waals surface area contributed by atoms with E-state index < -0.39 is 31.1 Å². The molecule has 4 aliphatic carbocycles. The van der Waals surface area contributed by atoms with Gasteiger partial charge in [0.1, 0.15) is 11.6 Å². The molecule has 4 bridgehead atoms. The molecule has 4 aliphatic rings. The summed E-state index contributed by atoms with van der Waals surface area (Å²) >= 11 is 0. The molecule has 0 aliphatic heterocycles. The number of hydrogen-bond donors (Lipinski definition) is 0. The first kappa shape index (κ1) is 29.7. The summed E-state index contributed by atoms with van der Waals surface area (Å²) in [5.74, 6) is 0.582. The summed E-state index contributed by atoms with van der Waals surface area (Å²) < 4.78 is 58.2. The number of carbonyl (C=O) groups excluding carboxylic acids is 2. The molecule has 0 aromatic rings. The van der Waals surface area contributed by atoms with Crippen LogP contribution in [-0.2, 0) is 38.2 Å². The quantitative estimate of drug-likeness (QED) is 0.412. The van der Waals surface area contributed by atoms with Crippen LogP contribution in [-0.4, -0.2) is 52.1 Å². The Balaban J connectivity index is 0.000000201. The van der Waals surface area contributed by atoms with E-state index in [-0.39, 0.29) is 46.1 Å². The first-order valence-electron chi connectivity index (χ1n) is 13.1. The monoisotopic (exact) mass is 548 g/mol. The molecule has 4 rings (SSSR count). The largest absolute Gasteiger partial charge is 0.299 e. The molecular formula is C26H44O8S2. The van der Waals surface area contributed by atoms with Crippen molar-refractivity contribution < 1.29 is 34.8 Å². The van der Waals surface area contributed by atoms with Crippen molar-refractivity contribution in [1.29, 1.82) is 0 Å². The number of hydrogen-bond acceptors (Lipinski definition) is 8. The highest BCUT2D eigenvalue weighted by molar-refractivity contribution is 7.87. The van der Waals surface area contributed by atoms with E-state index in [0.717, 1.165) is 12.8 Å². The second-order valence-electron chi connectivity index (χ2n) is 13.0. The van der Waals surface area contributed by atoms with Crippen LogP contribution in [0.25, 0.3) is 0 Å². The molecule has 0 aromatic carbocycles. The maximum atomic E-state index is 12.2. The van der Waals surface area contributed by atoms with Gasteiger partial charge in [-0.15, -0.1) is 0 Å². The zero-order valence-electron chi connectivity index (χ0n) is 23.0. The van der Waals surface area contributed by atoms with Crippen LogP contribution >= 0.6 is 0 Å². The number of fused-ring (bicyclic) bond motifs is 4. The van der Waals surface area contributed by atoms with Gasteiger partial charge in [0.05, 0.1) is 34.5 Å². The number of Topliss-reactive ketones (excluding diaryl/α,β-unsaturated/α-hetero) is 2. The van der Waals surface area contributed by atoms with Crippen molar-refractivity contribution in [2.75, 3.05) is 11.5 Å². The molecule has 0 heterocycles. The normalized spacial score (nSPS) is 34.5. The molecule has 0 unspecified atom stereocenters. The molecular weight excluding hydrogens is 504 g/mol. The van der Waals surface area contributed by atoms with Crippen LogP contribution in [0.1, 0.15) is 93.9 Å². The number of ketones is 2. The summed E-state index contributed by atoms with van der Waals surface area (Å²) in [5, 5.41) is 0. The average molecular weight is 549 g/mol. The summed E-state index contributed by atoms with van der Waals surface area (Å²) in [7, 11) is -7.27. The van der Waals surface area contributed by atoms with Gasteiger partial charge in [0, 0.05) is 12.8 Å². The van der Waals surface area contributed by atoms with Crippen LogP contribution in [0, 0.1) is 33.5 Å². The van der Waals surface area contributed by atoms with Crippen LogP contribution in [0.5, 0.6) is 0 Å². The lowest BCUT2D eigenvalue weighted by Crippen LogP contribution is -2.42. The Morgan fingerprint density at radius 1 is 0.694 bits per heavy atom. The molecule has 4 fully saturated rings. The molecule has 0 spiro atoms. The van der Waals surface area contributed by atoms with Gasteiger partial charge in [-0.25, -0.2) is 0 Å². The SMILES string of the molecule is CC(C)OS(=O)(=O)C[C@@]12CC[C@@H](CC1=O)C2(C)C.CC(C)OS(=O)(=O)C[C@]12CC[C@H](CC1=O)C2(C)C. The van der Waals surface area contributed by atoms with Crippen molar-refractivity contribution in [2.24, 2.45) is 33.5 Å². The van der Waals surface area contributed by atoms with Gasteiger partial charge < -0.3 is 0 Å². The van der Waals surface area contributed by atoms with Gasteiger partial charge in [0.2, 0.25) is 0 Å². The molecule has 8 nitrogen and oxygen atoms in total. The van der Waals surface area contributed by atoms with Gasteiger partial charge >= 0.3 is 0 Å². The third kappa shape index (κ3) is 4.96. The topological polar surface area (TPSA) is 121 Å². The van der Waals surface area contributed by atoms with E-state index in [0.29, 0.717) is 37.5 Å². The van der Waals surface area contributed by atoms with E-state index >= 15 is 0 Å². The summed E-state index contributed by atoms with van der Waals surface area (Å²) in [5.41, 5.74) is -1.88. The summed E-state index contributed by atoms with van der Waals surface area (Å²) in [6, 6.07) is 0. The number of rotatable bonds is 8. The second kappa shape index (κ2) is 9.42. The van der Waals surface area contributed by atoms with Crippen molar-refractivity contribution in [3.8, 4) is 0 Å². The lowest BCUT2D eigenvalue weighted by atomic mass is 9.70. The third-order valence-corrected chi connectivity index (χ3v) is 12.9. The van der Waals surface area contributed by atoms with E-state index in [1.54, 1.807) is 27.7 Å². The highest BCUT2D eigenvalue weighted by Gasteiger charge is 2.66. The molecule has 208 valence electrons. The lowest BCUT2D eigenvalue weighted by molar-refractivity contribution is -0.128. The molecule has 0 radical (unpaired) electrons. The van der Waals surface area contributed by atoms with Crippen molar-refractivity contribution in [3.63, 3.8) is 0 Å². The van der Waals surface area contributed by atoms with Crippen LogP contribution in [0.4, 0.5) is 0 Å². The van der Waals surface area contributed by atoms with E-state index in [4.69, 9.17) is 8.37 Å². The summed E-state index contributed by atoms with van der Waals surface area (Å²) in [4.78, 5) is 24.4. The smallest absolute Gasteiger partial charge is 0.268 e. The minimum atomic E-state index is -3.63. The minimum Gasteiger partial charge on any atom is -0.299 e. The van der Waals surface area contributed by atoms with E-state index in [9.17, 15) is 26.4 Å². The van der Waals surface area contributed by atoms with E-state index in [1.165, 1.54) is 0 Å². The average Bonchev–Trinajstić information content (AvgIpc) is 3.18. The van der Waals surface area contributed by atoms with Gasteiger partial charge in [-0.05, 0) is 76.0 Å². The van der Waals surface area contributed by atoms with Crippen molar-refractivity contribution in [1.82, 2.24) is 0 Å². The first-order chi connectivity index (χ1) is 16.2. The van der Waals surface area contributed by atoms with Crippen LogP contribution in [0.15, 0.2) is 0 Å². The number of carbonyl (C=O) groups is 2. The van der Waals surface area contributed by atoms with Gasteiger partial charge in [-0.3, -0.25) is 18.0 Å². The Morgan fingerprint density at radius 2 is 1.00 bits per heavy atom. The summed E-state index contributed by atoms with van der Waals surface area (Å²) in [6.07, 6.45) is 3.60. The first-order valence-corrected chi connectivity index (χ1v) is 16.3. The standard InChI is InChI=1S/2C13H22O4S/c2*1-9(2)17-18(15,16)8-13-6-5-10(7-11(13)14)12(13,3)4/h2*9-10H,5-8H2,1-4H3/t2*10-,13-/m10/s1. The highest BCUT2D eigenvalue weighted by atomic mass is 32.2. The lowest BCUT2D eigenvalue weighted by Gasteiger charge is -2.35. The highest BCUT2D eigenvalue weighted by Crippen LogP contribution is 2.65. The van der Waals surface area contributed by atoms with Crippen LogP contribution in [0.2, 0.25) is 0 Å². The third-order valence-electron chi connectivity index (χ3n) is 9.80. The molecule has 4 atom stereocenters. The summed E-state index contributed by atoms with van der Waals surface area (Å²) in [6.45, 7) is 14.9. The molecule has 36 heavy (non-hydrogen) atoms. The van der Waals surface area contributed by atoms with E-state index in [1.807, 2.05) is 27.7 Å². The fourth-order valence-corrected chi connectivity index (χ4v) is 11.3.